The Morgan fingerprint density at radius 1 is 1.32 bits per heavy atom. The van der Waals surface area contributed by atoms with Gasteiger partial charge in [-0.25, -0.2) is 0 Å². The Morgan fingerprint density at radius 3 is 2.53 bits per heavy atom. The summed E-state index contributed by atoms with van der Waals surface area (Å²) in [5, 5.41) is 5.23. The third kappa shape index (κ3) is 3.04. The van der Waals surface area contributed by atoms with Crippen LogP contribution in [-0.4, -0.2) is 16.1 Å². The second-order valence-electron chi connectivity index (χ2n) is 5.59. The number of nitrogens with zero attached hydrogens (tertiary/aromatic N) is 2. The van der Waals surface area contributed by atoms with Crippen LogP contribution in [0.3, 0.4) is 0 Å². The van der Waals surface area contributed by atoms with E-state index < -0.39 is 0 Å². The highest BCUT2D eigenvalue weighted by Crippen LogP contribution is 2.24. The molecule has 0 N–H and O–H groups in total. The molecule has 0 aliphatic rings. The van der Waals surface area contributed by atoms with Gasteiger partial charge in [0.15, 0.2) is 6.29 Å². The quantitative estimate of drug-likeness (QED) is 0.801. The molecule has 0 spiro atoms. The van der Waals surface area contributed by atoms with Gasteiger partial charge in [-0.1, -0.05) is 50.6 Å². The number of carbonyl (C=O) groups is 1. The van der Waals surface area contributed by atoms with Gasteiger partial charge in [-0.15, -0.1) is 0 Å². The molecule has 0 radical (unpaired) electrons. The second kappa shape index (κ2) is 5.17. The second-order valence-corrected chi connectivity index (χ2v) is 6.00. The van der Waals surface area contributed by atoms with E-state index >= 15 is 0 Å². The molecular weight excluding hydrogens is 260 g/mol. The van der Waals surface area contributed by atoms with E-state index in [2.05, 4.69) is 5.10 Å². The Morgan fingerprint density at radius 2 is 2.00 bits per heavy atom. The monoisotopic (exact) mass is 276 g/mol. The highest BCUT2D eigenvalue weighted by Gasteiger charge is 2.22. The summed E-state index contributed by atoms with van der Waals surface area (Å²) >= 11 is 6.13. The van der Waals surface area contributed by atoms with E-state index in [0.29, 0.717) is 17.1 Å². The Labute approximate surface area is 118 Å². The van der Waals surface area contributed by atoms with Crippen LogP contribution >= 0.6 is 11.6 Å². The molecule has 19 heavy (non-hydrogen) atoms. The molecule has 100 valence electrons. The summed E-state index contributed by atoms with van der Waals surface area (Å²) in [4.78, 5) is 11.1. The first-order chi connectivity index (χ1) is 8.91. The first-order valence-electron chi connectivity index (χ1n) is 6.18. The topological polar surface area (TPSA) is 34.9 Å². The van der Waals surface area contributed by atoms with Gasteiger partial charge in [0.2, 0.25) is 0 Å². The van der Waals surface area contributed by atoms with Crippen LogP contribution < -0.4 is 0 Å². The lowest BCUT2D eigenvalue weighted by molar-refractivity contribution is 0.112. The Balaban J connectivity index is 2.35. The number of rotatable bonds is 3. The number of carbonyl (C=O) groups excluding carboxylic acids is 1. The molecule has 0 unspecified atom stereocenters. The maximum Gasteiger partial charge on any atom is 0.153 e. The fourth-order valence-electron chi connectivity index (χ4n) is 1.99. The van der Waals surface area contributed by atoms with E-state index in [9.17, 15) is 4.79 Å². The smallest absolute Gasteiger partial charge is 0.153 e. The summed E-state index contributed by atoms with van der Waals surface area (Å²) in [7, 11) is 0. The van der Waals surface area contributed by atoms with Crippen LogP contribution in [0.2, 0.25) is 5.02 Å². The highest BCUT2D eigenvalue weighted by molar-refractivity contribution is 6.31. The molecule has 2 aromatic rings. The average Bonchev–Trinajstić information content (AvgIpc) is 2.75. The van der Waals surface area contributed by atoms with E-state index in [-0.39, 0.29) is 5.41 Å². The van der Waals surface area contributed by atoms with Gasteiger partial charge in [-0.3, -0.25) is 9.48 Å². The first-order valence-corrected chi connectivity index (χ1v) is 6.56. The zero-order valence-corrected chi connectivity index (χ0v) is 12.1. The van der Waals surface area contributed by atoms with Gasteiger partial charge in [0.1, 0.15) is 0 Å². The van der Waals surface area contributed by atoms with Gasteiger partial charge in [-0.05, 0) is 11.6 Å². The number of hydrogen-bond acceptors (Lipinski definition) is 2. The normalized spacial score (nSPS) is 11.6. The minimum absolute atomic E-state index is 0.151. The van der Waals surface area contributed by atoms with Gasteiger partial charge in [0.05, 0.1) is 17.8 Å². The predicted octanol–water partition coefficient (Wildman–Crippen LogP) is 3.69. The fourth-order valence-corrected chi connectivity index (χ4v) is 2.18. The van der Waals surface area contributed by atoms with E-state index in [4.69, 9.17) is 11.6 Å². The number of benzene rings is 1. The SMILES string of the molecule is CC(C)(C)c1nn(Cc2ccccc2Cl)cc1C=O. The van der Waals surface area contributed by atoms with E-state index in [1.54, 1.807) is 10.9 Å². The molecule has 1 aromatic heterocycles. The largest absolute Gasteiger partial charge is 0.298 e. The van der Waals surface area contributed by atoms with Gasteiger partial charge in [-0.2, -0.15) is 5.10 Å². The summed E-state index contributed by atoms with van der Waals surface area (Å²) in [6.07, 6.45) is 2.63. The van der Waals surface area contributed by atoms with Crippen LogP contribution in [0, 0.1) is 0 Å². The number of halogens is 1. The summed E-state index contributed by atoms with van der Waals surface area (Å²) in [6, 6.07) is 7.65. The molecule has 1 aromatic carbocycles. The molecule has 3 nitrogen and oxygen atoms in total. The minimum Gasteiger partial charge on any atom is -0.298 e. The third-order valence-corrected chi connectivity index (χ3v) is 3.29. The summed E-state index contributed by atoms with van der Waals surface area (Å²) < 4.78 is 1.77. The molecule has 0 atom stereocenters. The van der Waals surface area contributed by atoms with Crippen LogP contribution in [0.1, 0.15) is 42.4 Å². The standard InChI is InChI=1S/C15H17ClN2O/c1-15(2,3)14-12(10-19)9-18(17-14)8-11-6-4-5-7-13(11)16/h4-7,9-10H,8H2,1-3H3. The van der Waals surface area contributed by atoms with Gasteiger partial charge in [0.25, 0.3) is 0 Å². The Bertz CT molecular complexity index is 596. The zero-order valence-electron chi connectivity index (χ0n) is 11.4. The molecule has 0 fully saturated rings. The summed E-state index contributed by atoms with van der Waals surface area (Å²) in [5.74, 6) is 0. The third-order valence-electron chi connectivity index (χ3n) is 2.92. The van der Waals surface area contributed by atoms with Crippen molar-refractivity contribution in [1.82, 2.24) is 9.78 Å². The van der Waals surface area contributed by atoms with Crippen molar-refractivity contribution in [2.24, 2.45) is 0 Å². The Hall–Kier alpha value is -1.61. The fraction of sp³-hybridized carbons (Fsp3) is 0.333. The number of aldehydes is 1. The summed E-state index contributed by atoms with van der Waals surface area (Å²) in [6.45, 7) is 6.70. The highest BCUT2D eigenvalue weighted by atomic mass is 35.5. The average molecular weight is 277 g/mol. The van der Waals surface area contributed by atoms with E-state index in [1.165, 1.54) is 0 Å². The molecule has 0 saturated heterocycles. The van der Waals surface area contributed by atoms with Crippen molar-refractivity contribution < 1.29 is 4.79 Å². The van der Waals surface area contributed by atoms with Crippen molar-refractivity contribution in [1.29, 1.82) is 0 Å². The molecule has 0 bridgehead atoms. The molecule has 4 heteroatoms. The number of aromatic nitrogens is 2. The van der Waals surface area contributed by atoms with Crippen molar-refractivity contribution in [3.05, 3.63) is 52.3 Å². The lowest BCUT2D eigenvalue weighted by atomic mass is 9.90. The molecule has 0 aliphatic carbocycles. The Kier molecular flexibility index (Phi) is 3.76. The molecule has 2 rings (SSSR count). The van der Waals surface area contributed by atoms with Gasteiger partial charge >= 0.3 is 0 Å². The van der Waals surface area contributed by atoms with Crippen LogP contribution in [-0.2, 0) is 12.0 Å². The van der Waals surface area contributed by atoms with Gasteiger partial charge in [0, 0.05) is 16.6 Å². The number of hydrogen-bond donors (Lipinski definition) is 0. The lowest BCUT2D eigenvalue weighted by Gasteiger charge is -2.15. The lowest BCUT2D eigenvalue weighted by Crippen LogP contribution is -2.15. The van der Waals surface area contributed by atoms with Crippen molar-refractivity contribution in [3.63, 3.8) is 0 Å². The zero-order chi connectivity index (χ0) is 14.0. The van der Waals surface area contributed by atoms with Crippen LogP contribution in [0.25, 0.3) is 0 Å². The van der Waals surface area contributed by atoms with Crippen molar-refractivity contribution in [3.8, 4) is 0 Å². The predicted molar refractivity (Wildman–Crippen MR) is 76.9 cm³/mol. The van der Waals surface area contributed by atoms with Crippen LogP contribution in [0.4, 0.5) is 0 Å². The minimum atomic E-state index is -0.151. The molecule has 1 heterocycles. The van der Waals surface area contributed by atoms with Crippen molar-refractivity contribution in [2.75, 3.05) is 0 Å². The van der Waals surface area contributed by atoms with Crippen molar-refractivity contribution in [2.45, 2.75) is 32.7 Å². The van der Waals surface area contributed by atoms with E-state index in [0.717, 1.165) is 17.5 Å². The van der Waals surface area contributed by atoms with E-state index in [1.807, 2.05) is 45.0 Å². The molecule has 0 amide bonds. The summed E-state index contributed by atoms with van der Waals surface area (Å²) in [5.41, 5.74) is 2.29. The van der Waals surface area contributed by atoms with Crippen molar-refractivity contribution >= 4 is 17.9 Å². The van der Waals surface area contributed by atoms with Crippen LogP contribution in [0.5, 0.6) is 0 Å². The maximum absolute atomic E-state index is 11.1. The van der Waals surface area contributed by atoms with Crippen LogP contribution in [0.15, 0.2) is 30.5 Å². The first kappa shape index (κ1) is 13.8. The van der Waals surface area contributed by atoms with Gasteiger partial charge < -0.3 is 0 Å². The maximum atomic E-state index is 11.1. The molecule has 0 saturated carbocycles. The molecule has 0 aliphatic heterocycles. The molecular formula is C15H17ClN2O.